The summed E-state index contributed by atoms with van der Waals surface area (Å²) in [5.74, 6) is 6.12. The zero-order valence-corrected chi connectivity index (χ0v) is 10.0. The average Bonchev–Trinajstić information content (AvgIpc) is 2.28. The minimum Gasteiger partial charge on any atom is -0.378 e. The van der Waals surface area contributed by atoms with Gasteiger partial charge in [0.15, 0.2) is 0 Å². The van der Waals surface area contributed by atoms with Crippen LogP contribution in [0, 0.1) is 11.8 Å². The van der Waals surface area contributed by atoms with Crippen LogP contribution in [0.3, 0.4) is 0 Å². The van der Waals surface area contributed by atoms with Crippen LogP contribution < -0.4 is 5.32 Å². The lowest BCUT2D eigenvalue weighted by atomic mass is 10.00. The average molecular weight is 209 g/mol. The lowest BCUT2D eigenvalue weighted by Gasteiger charge is -2.26. The molecule has 2 heteroatoms. The molecule has 0 saturated carbocycles. The van der Waals surface area contributed by atoms with Crippen LogP contribution in [0.2, 0.25) is 0 Å². The van der Waals surface area contributed by atoms with E-state index < -0.39 is 0 Å². The van der Waals surface area contributed by atoms with Gasteiger partial charge in [0.05, 0.1) is 6.10 Å². The van der Waals surface area contributed by atoms with E-state index >= 15 is 0 Å². The van der Waals surface area contributed by atoms with Gasteiger partial charge in [-0.1, -0.05) is 6.92 Å². The van der Waals surface area contributed by atoms with Crippen molar-refractivity contribution in [3.63, 3.8) is 0 Å². The van der Waals surface area contributed by atoms with Gasteiger partial charge in [-0.05, 0) is 39.2 Å². The Hall–Kier alpha value is -0.520. The molecule has 2 unspecified atom stereocenters. The normalized spacial score (nSPS) is 22.9. The fourth-order valence-electron chi connectivity index (χ4n) is 2.06. The third kappa shape index (κ3) is 5.20. The number of hydrogen-bond donors (Lipinski definition) is 1. The SMILES string of the molecule is CC#CCC(CC1CCCCO1)NCC. The van der Waals surface area contributed by atoms with E-state index in [1.165, 1.54) is 19.3 Å². The van der Waals surface area contributed by atoms with Gasteiger partial charge in [0.2, 0.25) is 0 Å². The molecule has 1 N–H and O–H groups in total. The topological polar surface area (TPSA) is 21.3 Å². The molecule has 0 amide bonds. The Kier molecular flexibility index (Phi) is 6.47. The van der Waals surface area contributed by atoms with Crippen molar-refractivity contribution in [3.8, 4) is 11.8 Å². The van der Waals surface area contributed by atoms with Crippen molar-refractivity contribution in [2.24, 2.45) is 0 Å². The summed E-state index contributed by atoms with van der Waals surface area (Å²) in [5, 5.41) is 3.48. The Morgan fingerprint density at radius 3 is 2.93 bits per heavy atom. The number of nitrogens with one attached hydrogen (secondary N) is 1. The van der Waals surface area contributed by atoms with Crippen LogP contribution in [0.4, 0.5) is 0 Å². The molecular weight excluding hydrogens is 186 g/mol. The van der Waals surface area contributed by atoms with Gasteiger partial charge in [0.1, 0.15) is 0 Å². The van der Waals surface area contributed by atoms with Crippen LogP contribution in [0.1, 0.15) is 46.0 Å². The molecule has 0 aromatic rings. The maximum absolute atomic E-state index is 5.75. The van der Waals surface area contributed by atoms with Crippen molar-refractivity contribution in [2.75, 3.05) is 13.2 Å². The van der Waals surface area contributed by atoms with E-state index in [0.29, 0.717) is 12.1 Å². The Labute approximate surface area is 93.8 Å². The summed E-state index contributed by atoms with van der Waals surface area (Å²) < 4.78 is 5.75. The van der Waals surface area contributed by atoms with Crippen molar-refractivity contribution < 1.29 is 4.74 Å². The monoisotopic (exact) mass is 209 g/mol. The summed E-state index contributed by atoms with van der Waals surface area (Å²) in [6.07, 6.45) is 6.30. The second-order valence-corrected chi connectivity index (χ2v) is 4.11. The van der Waals surface area contributed by atoms with Gasteiger partial charge < -0.3 is 10.1 Å². The quantitative estimate of drug-likeness (QED) is 0.702. The highest BCUT2D eigenvalue weighted by Crippen LogP contribution is 2.17. The zero-order valence-electron chi connectivity index (χ0n) is 10.0. The minimum atomic E-state index is 0.460. The van der Waals surface area contributed by atoms with Gasteiger partial charge >= 0.3 is 0 Å². The smallest absolute Gasteiger partial charge is 0.0590 e. The number of ether oxygens (including phenoxy) is 1. The molecule has 0 spiro atoms. The van der Waals surface area contributed by atoms with E-state index in [4.69, 9.17) is 4.74 Å². The van der Waals surface area contributed by atoms with Crippen molar-refractivity contribution in [2.45, 2.75) is 58.1 Å². The van der Waals surface area contributed by atoms with Crippen molar-refractivity contribution >= 4 is 0 Å². The summed E-state index contributed by atoms with van der Waals surface area (Å²) >= 11 is 0. The molecule has 15 heavy (non-hydrogen) atoms. The molecule has 1 rings (SSSR count). The molecule has 0 aromatic carbocycles. The molecule has 0 aliphatic carbocycles. The largest absolute Gasteiger partial charge is 0.378 e. The molecule has 0 aromatic heterocycles. The van der Waals surface area contributed by atoms with E-state index in [0.717, 1.165) is 26.0 Å². The molecule has 1 aliphatic heterocycles. The Bertz CT molecular complexity index is 210. The Morgan fingerprint density at radius 1 is 1.47 bits per heavy atom. The third-order valence-corrected chi connectivity index (χ3v) is 2.84. The Balaban J connectivity index is 2.29. The predicted octanol–water partition coefficient (Wildman–Crippen LogP) is 2.34. The highest BCUT2D eigenvalue weighted by atomic mass is 16.5. The van der Waals surface area contributed by atoms with Crippen LogP contribution in [0.5, 0.6) is 0 Å². The van der Waals surface area contributed by atoms with E-state index in [1.807, 2.05) is 6.92 Å². The molecule has 0 radical (unpaired) electrons. The van der Waals surface area contributed by atoms with Crippen molar-refractivity contribution in [3.05, 3.63) is 0 Å². The summed E-state index contributed by atoms with van der Waals surface area (Å²) in [4.78, 5) is 0. The first-order valence-corrected chi connectivity index (χ1v) is 6.11. The highest BCUT2D eigenvalue weighted by molar-refractivity contribution is 4.98. The summed E-state index contributed by atoms with van der Waals surface area (Å²) in [7, 11) is 0. The first kappa shape index (κ1) is 12.5. The molecule has 1 heterocycles. The fraction of sp³-hybridized carbons (Fsp3) is 0.846. The number of hydrogen-bond acceptors (Lipinski definition) is 2. The lowest BCUT2D eigenvalue weighted by molar-refractivity contribution is 0.00562. The van der Waals surface area contributed by atoms with Gasteiger partial charge in [-0.3, -0.25) is 0 Å². The molecule has 2 atom stereocenters. The molecule has 1 saturated heterocycles. The molecule has 1 fully saturated rings. The van der Waals surface area contributed by atoms with Gasteiger partial charge in [-0.2, -0.15) is 0 Å². The van der Waals surface area contributed by atoms with Gasteiger partial charge in [-0.15, -0.1) is 11.8 Å². The molecule has 86 valence electrons. The van der Waals surface area contributed by atoms with Gasteiger partial charge in [-0.25, -0.2) is 0 Å². The second kappa shape index (κ2) is 7.73. The summed E-state index contributed by atoms with van der Waals surface area (Å²) in [6, 6.07) is 0.505. The summed E-state index contributed by atoms with van der Waals surface area (Å²) in [5.41, 5.74) is 0. The van der Waals surface area contributed by atoms with Crippen LogP contribution in [0.25, 0.3) is 0 Å². The first-order chi connectivity index (χ1) is 7.36. The highest BCUT2D eigenvalue weighted by Gasteiger charge is 2.18. The minimum absolute atomic E-state index is 0.460. The Morgan fingerprint density at radius 2 is 2.33 bits per heavy atom. The standard InChI is InChI=1S/C13H23NO/c1-3-5-8-12(14-4-2)11-13-9-6-7-10-15-13/h12-14H,4,6-11H2,1-2H3. The van der Waals surface area contributed by atoms with Crippen LogP contribution >= 0.6 is 0 Å². The van der Waals surface area contributed by atoms with Crippen LogP contribution in [-0.4, -0.2) is 25.3 Å². The van der Waals surface area contributed by atoms with Gasteiger partial charge in [0.25, 0.3) is 0 Å². The number of rotatable bonds is 5. The van der Waals surface area contributed by atoms with E-state index in [2.05, 4.69) is 24.1 Å². The molecule has 0 bridgehead atoms. The van der Waals surface area contributed by atoms with Crippen LogP contribution in [0.15, 0.2) is 0 Å². The summed E-state index contributed by atoms with van der Waals surface area (Å²) in [6.45, 7) is 6.01. The first-order valence-electron chi connectivity index (χ1n) is 6.11. The molecular formula is C13H23NO. The van der Waals surface area contributed by atoms with Crippen LogP contribution in [-0.2, 0) is 4.74 Å². The fourth-order valence-corrected chi connectivity index (χ4v) is 2.06. The van der Waals surface area contributed by atoms with E-state index in [-0.39, 0.29) is 0 Å². The van der Waals surface area contributed by atoms with Crippen molar-refractivity contribution in [1.29, 1.82) is 0 Å². The molecule has 1 aliphatic rings. The van der Waals surface area contributed by atoms with E-state index in [1.54, 1.807) is 0 Å². The van der Waals surface area contributed by atoms with E-state index in [9.17, 15) is 0 Å². The predicted molar refractivity (Wildman–Crippen MR) is 63.7 cm³/mol. The lowest BCUT2D eigenvalue weighted by Crippen LogP contribution is -2.34. The maximum Gasteiger partial charge on any atom is 0.0590 e. The zero-order chi connectivity index (χ0) is 10.9. The maximum atomic E-state index is 5.75. The molecule has 2 nitrogen and oxygen atoms in total. The van der Waals surface area contributed by atoms with Gasteiger partial charge in [0, 0.05) is 19.1 Å². The second-order valence-electron chi connectivity index (χ2n) is 4.11. The van der Waals surface area contributed by atoms with Crippen molar-refractivity contribution in [1.82, 2.24) is 5.32 Å². The third-order valence-electron chi connectivity index (χ3n) is 2.84.